The van der Waals surface area contributed by atoms with Crippen molar-refractivity contribution in [3.63, 3.8) is 0 Å². The van der Waals surface area contributed by atoms with E-state index >= 15 is 0 Å². The number of carboxylic acids is 1. The largest absolute Gasteiger partial charge is 0.480 e. The Kier molecular flexibility index (Phi) is 2.30. The van der Waals surface area contributed by atoms with Crippen LogP contribution >= 0.6 is 0 Å². The first-order valence-electron chi connectivity index (χ1n) is 2.38. The van der Waals surface area contributed by atoms with Gasteiger partial charge in [-0.25, -0.2) is 8.78 Å². The molecule has 0 bridgehead atoms. The molecule has 0 rings (SSSR count). The second-order valence-electron chi connectivity index (χ2n) is 1.92. The highest BCUT2D eigenvalue weighted by Gasteiger charge is 2.43. The quantitative estimate of drug-likeness (QED) is 0.633. The van der Waals surface area contributed by atoms with Gasteiger partial charge in [-0.05, 0) is 6.92 Å². The molecule has 5 heteroatoms. The zero-order valence-corrected chi connectivity index (χ0v) is 5.14. The van der Waals surface area contributed by atoms with Gasteiger partial charge in [-0.1, -0.05) is 0 Å². The molecule has 1 atom stereocenters. The van der Waals surface area contributed by atoms with Gasteiger partial charge in [0.2, 0.25) is 5.41 Å². The van der Waals surface area contributed by atoms with Crippen LogP contribution in [0.2, 0.25) is 0 Å². The summed E-state index contributed by atoms with van der Waals surface area (Å²) < 4.78 is 23.5. The number of rotatable bonds is 2. The van der Waals surface area contributed by atoms with Crippen LogP contribution in [0.25, 0.3) is 0 Å². The summed E-state index contributed by atoms with van der Waals surface area (Å²) in [5.41, 5.74) is -2.57. The molecule has 0 radical (unpaired) electrons. The SMILES string of the molecule is CC(C#N)(C(=O)O)C(F)F. The fourth-order valence-electron chi connectivity index (χ4n) is 0.190. The minimum atomic E-state index is -3.16. The number of alkyl halides is 2. The van der Waals surface area contributed by atoms with Crippen molar-refractivity contribution >= 4 is 5.97 Å². The molecular formula is C5H5F2NO2. The van der Waals surface area contributed by atoms with Gasteiger partial charge in [-0.2, -0.15) is 5.26 Å². The van der Waals surface area contributed by atoms with E-state index in [1.165, 1.54) is 0 Å². The highest BCUT2D eigenvalue weighted by atomic mass is 19.3. The number of carboxylic acid groups (broad SMARTS) is 1. The fourth-order valence-corrected chi connectivity index (χ4v) is 0.190. The van der Waals surface area contributed by atoms with Crippen LogP contribution in [0, 0.1) is 16.7 Å². The Morgan fingerprint density at radius 1 is 1.80 bits per heavy atom. The molecule has 0 saturated carbocycles. The predicted octanol–water partition coefficient (Wildman–Crippen LogP) is 0.866. The van der Waals surface area contributed by atoms with Crippen LogP contribution < -0.4 is 0 Å². The Labute approximate surface area is 55.9 Å². The molecule has 0 aromatic carbocycles. The van der Waals surface area contributed by atoms with Crippen molar-refractivity contribution in [2.75, 3.05) is 0 Å². The molecule has 0 aliphatic rings. The van der Waals surface area contributed by atoms with Gasteiger partial charge in [0.05, 0.1) is 6.07 Å². The van der Waals surface area contributed by atoms with E-state index < -0.39 is 17.8 Å². The third kappa shape index (κ3) is 1.21. The molecule has 56 valence electrons. The lowest BCUT2D eigenvalue weighted by molar-refractivity contribution is -0.151. The van der Waals surface area contributed by atoms with E-state index in [0.29, 0.717) is 6.92 Å². The minimum Gasteiger partial charge on any atom is -0.480 e. The normalized spacial score (nSPS) is 15.9. The number of nitriles is 1. The van der Waals surface area contributed by atoms with Crippen molar-refractivity contribution in [1.29, 1.82) is 5.26 Å². The molecule has 1 N–H and O–H groups in total. The lowest BCUT2D eigenvalue weighted by atomic mass is 9.94. The number of halogens is 2. The van der Waals surface area contributed by atoms with Gasteiger partial charge in [-0.3, -0.25) is 4.79 Å². The molecular weight excluding hydrogens is 144 g/mol. The number of carbonyl (C=O) groups is 1. The van der Waals surface area contributed by atoms with Gasteiger partial charge in [0.25, 0.3) is 6.43 Å². The van der Waals surface area contributed by atoms with Crippen molar-refractivity contribution < 1.29 is 18.7 Å². The second kappa shape index (κ2) is 2.60. The zero-order valence-electron chi connectivity index (χ0n) is 5.14. The summed E-state index contributed by atoms with van der Waals surface area (Å²) in [6.07, 6.45) is -3.16. The molecule has 10 heavy (non-hydrogen) atoms. The summed E-state index contributed by atoms with van der Waals surface area (Å²) in [5.74, 6) is -1.80. The Hall–Kier alpha value is -1.18. The van der Waals surface area contributed by atoms with Crippen molar-refractivity contribution in [2.45, 2.75) is 13.3 Å². The maximum absolute atomic E-state index is 11.7. The number of nitrogens with zero attached hydrogens (tertiary/aromatic N) is 1. The van der Waals surface area contributed by atoms with Crippen LogP contribution in [0.5, 0.6) is 0 Å². The molecule has 0 spiro atoms. The summed E-state index contributed by atoms with van der Waals surface area (Å²) in [6.45, 7) is 0.681. The first-order chi connectivity index (χ1) is 4.45. The van der Waals surface area contributed by atoms with E-state index in [0.717, 1.165) is 6.07 Å². The number of hydrogen-bond donors (Lipinski definition) is 1. The summed E-state index contributed by atoms with van der Waals surface area (Å²) >= 11 is 0. The van der Waals surface area contributed by atoms with Gasteiger partial charge in [-0.15, -0.1) is 0 Å². The van der Waals surface area contributed by atoms with Crippen LogP contribution in [-0.2, 0) is 4.79 Å². The molecule has 0 aliphatic carbocycles. The van der Waals surface area contributed by atoms with Crippen LogP contribution in [0.4, 0.5) is 8.78 Å². The molecule has 0 fully saturated rings. The summed E-state index contributed by atoms with van der Waals surface area (Å²) in [7, 11) is 0. The molecule has 0 aliphatic heterocycles. The first-order valence-corrected chi connectivity index (χ1v) is 2.38. The molecule has 0 saturated heterocycles. The topological polar surface area (TPSA) is 61.1 Å². The van der Waals surface area contributed by atoms with Gasteiger partial charge in [0, 0.05) is 0 Å². The van der Waals surface area contributed by atoms with Gasteiger partial charge in [0.1, 0.15) is 0 Å². The molecule has 0 aromatic rings. The highest BCUT2D eigenvalue weighted by molar-refractivity contribution is 5.77. The first kappa shape index (κ1) is 8.82. The molecule has 0 amide bonds. The van der Waals surface area contributed by atoms with Crippen molar-refractivity contribution in [2.24, 2.45) is 5.41 Å². The van der Waals surface area contributed by atoms with Crippen LogP contribution in [0.3, 0.4) is 0 Å². The molecule has 0 aromatic heterocycles. The average Bonchev–Trinajstić information content (AvgIpc) is 1.85. The highest BCUT2D eigenvalue weighted by Crippen LogP contribution is 2.24. The number of hydrogen-bond acceptors (Lipinski definition) is 2. The van der Waals surface area contributed by atoms with E-state index in [-0.39, 0.29) is 0 Å². The maximum atomic E-state index is 11.7. The lowest BCUT2D eigenvalue weighted by Crippen LogP contribution is -2.33. The van der Waals surface area contributed by atoms with Crippen molar-refractivity contribution in [3.05, 3.63) is 0 Å². The smallest absolute Gasteiger partial charge is 0.329 e. The van der Waals surface area contributed by atoms with E-state index in [1.54, 1.807) is 0 Å². The summed E-state index contributed by atoms with van der Waals surface area (Å²) in [6, 6.07) is 1.03. The van der Waals surface area contributed by atoms with Crippen molar-refractivity contribution in [3.8, 4) is 6.07 Å². The Bertz CT molecular complexity index is 187. The van der Waals surface area contributed by atoms with Crippen LogP contribution in [-0.4, -0.2) is 17.5 Å². The minimum absolute atomic E-state index is 0.681. The standard InChI is InChI=1S/C5H5F2NO2/c1-5(2-8,3(6)7)4(9)10/h3H,1H3,(H,9,10). The fraction of sp³-hybridized carbons (Fsp3) is 0.600. The summed E-state index contributed by atoms with van der Waals surface area (Å²) in [4.78, 5) is 9.99. The number of aliphatic carboxylic acids is 1. The van der Waals surface area contributed by atoms with E-state index in [2.05, 4.69) is 0 Å². The Morgan fingerprint density at radius 2 is 2.20 bits per heavy atom. The van der Waals surface area contributed by atoms with Crippen molar-refractivity contribution in [1.82, 2.24) is 0 Å². The summed E-state index contributed by atoms with van der Waals surface area (Å²) in [5, 5.41) is 16.1. The third-order valence-corrected chi connectivity index (χ3v) is 1.11. The predicted molar refractivity (Wildman–Crippen MR) is 27.4 cm³/mol. The van der Waals surface area contributed by atoms with Crippen LogP contribution in [0.15, 0.2) is 0 Å². The van der Waals surface area contributed by atoms with Gasteiger partial charge in [0.15, 0.2) is 0 Å². The average molecular weight is 149 g/mol. The Balaban J connectivity index is 4.60. The molecule has 1 unspecified atom stereocenters. The van der Waals surface area contributed by atoms with Gasteiger partial charge >= 0.3 is 5.97 Å². The third-order valence-electron chi connectivity index (χ3n) is 1.11. The van der Waals surface area contributed by atoms with E-state index in [1.807, 2.05) is 0 Å². The monoisotopic (exact) mass is 149 g/mol. The van der Waals surface area contributed by atoms with Gasteiger partial charge < -0.3 is 5.11 Å². The second-order valence-corrected chi connectivity index (χ2v) is 1.92. The van der Waals surface area contributed by atoms with E-state index in [4.69, 9.17) is 10.4 Å². The molecule has 3 nitrogen and oxygen atoms in total. The maximum Gasteiger partial charge on any atom is 0.329 e. The lowest BCUT2D eigenvalue weighted by Gasteiger charge is -2.13. The zero-order chi connectivity index (χ0) is 8.36. The molecule has 0 heterocycles. The Morgan fingerprint density at radius 3 is 2.20 bits per heavy atom. The van der Waals surface area contributed by atoms with E-state index in [9.17, 15) is 13.6 Å². The van der Waals surface area contributed by atoms with Crippen LogP contribution in [0.1, 0.15) is 6.92 Å².